The highest BCUT2D eigenvalue weighted by atomic mass is 19.1. The van der Waals surface area contributed by atoms with Gasteiger partial charge in [-0.25, -0.2) is 4.39 Å². The zero-order valence-electron chi connectivity index (χ0n) is 13.3. The van der Waals surface area contributed by atoms with Crippen LogP contribution in [0.2, 0.25) is 0 Å². The molecule has 2 atom stereocenters. The van der Waals surface area contributed by atoms with Crippen molar-refractivity contribution in [2.75, 3.05) is 33.9 Å². The average molecular weight is 324 g/mol. The van der Waals surface area contributed by atoms with E-state index in [-0.39, 0.29) is 24.2 Å². The van der Waals surface area contributed by atoms with Crippen molar-refractivity contribution in [3.8, 4) is 0 Å². The molecule has 126 valence electrons. The number of likely N-dealkylation sites (N-methyl/N-ethyl adjacent to an activating group) is 1. The van der Waals surface area contributed by atoms with Crippen molar-refractivity contribution in [2.24, 2.45) is 0 Å². The number of nitrogens with zero attached hydrogens (tertiary/aromatic N) is 1. The zero-order valence-corrected chi connectivity index (χ0v) is 13.3. The molecule has 1 N–H and O–H groups in total. The zero-order chi connectivity index (χ0) is 16.8. The monoisotopic (exact) mass is 324 g/mol. The lowest BCUT2D eigenvalue weighted by Gasteiger charge is -2.38. The first-order valence-corrected chi connectivity index (χ1v) is 7.44. The molecule has 7 heteroatoms. The van der Waals surface area contributed by atoms with Crippen molar-refractivity contribution in [3.05, 3.63) is 35.6 Å². The van der Waals surface area contributed by atoms with Crippen LogP contribution in [0.3, 0.4) is 0 Å². The van der Waals surface area contributed by atoms with Crippen LogP contribution < -0.4 is 5.32 Å². The molecular weight excluding hydrogens is 303 g/mol. The Hall–Kier alpha value is -1.99. The average Bonchev–Trinajstić information content (AvgIpc) is 2.55. The molecule has 1 aromatic rings. The van der Waals surface area contributed by atoms with Gasteiger partial charge in [0, 0.05) is 27.3 Å². The van der Waals surface area contributed by atoms with Crippen LogP contribution in [0.25, 0.3) is 0 Å². The Kier molecular flexibility index (Phi) is 6.06. The van der Waals surface area contributed by atoms with Gasteiger partial charge in [0.2, 0.25) is 5.91 Å². The van der Waals surface area contributed by atoms with Gasteiger partial charge in [0.1, 0.15) is 12.4 Å². The first kappa shape index (κ1) is 17.4. The van der Waals surface area contributed by atoms with Gasteiger partial charge in [-0.15, -0.1) is 0 Å². The summed E-state index contributed by atoms with van der Waals surface area (Å²) in [4.78, 5) is 25.7. The van der Waals surface area contributed by atoms with Crippen molar-refractivity contribution >= 4 is 11.8 Å². The predicted molar refractivity (Wildman–Crippen MR) is 81.2 cm³/mol. The predicted octanol–water partition coefficient (Wildman–Crippen LogP) is 0.877. The number of morpholine rings is 1. The number of benzene rings is 1. The number of halogens is 1. The lowest BCUT2D eigenvalue weighted by molar-refractivity contribution is -0.162. The molecule has 2 rings (SSSR count). The third-order valence-corrected chi connectivity index (χ3v) is 3.78. The summed E-state index contributed by atoms with van der Waals surface area (Å²) in [5.74, 6) is -0.891. The number of carbonyl (C=O) groups is 2. The number of amides is 2. The van der Waals surface area contributed by atoms with Crippen molar-refractivity contribution in [3.63, 3.8) is 0 Å². The fourth-order valence-electron chi connectivity index (χ4n) is 2.52. The van der Waals surface area contributed by atoms with E-state index in [2.05, 4.69) is 5.32 Å². The Morgan fingerprint density at radius 2 is 2.13 bits per heavy atom. The molecule has 23 heavy (non-hydrogen) atoms. The Bertz CT molecular complexity index is 550. The summed E-state index contributed by atoms with van der Waals surface area (Å²) < 4.78 is 23.5. The van der Waals surface area contributed by atoms with E-state index in [1.54, 1.807) is 26.3 Å². The van der Waals surface area contributed by atoms with Gasteiger partial charge in [0.05, 0.1) is 6.04 Å². The molecule has 1 fully saturated rings. The fraction of sp³-hybridized carbons (Fsp3) is 0.500. The summed E-state index contributed by atoms with van der Waals surface area (Å²) in [7, 11) is 3.21. The minimum atomic E-state index is -0.828. The fourth-order valence-corrected chi connectivity index (χ4v) is 2.52. The van der Waals surface area contributed by atoms with Crippen LogP contribution in [0.1, 0.15) is 18.0 Å². The van der Waals surface area contributed by atoms with E-state index in [4.69, 9.17) is 9.47 Å². The van der Waals surface area contributed by atoms with Crippen LogP contribution >= 0.6 is 0 Å². The van der Waals surface area contributed by atoms with Gasteiger partial charge in [0.25, 0.3) is 5.91 Å². The quantitative estimate of drug-likeness (QED) is 0.789. The lowest BCUT2D eigenvalue weighted by Crippen LogP contribution is -2.53. The van der Waals surface area contributed by atoms with E-state index >= 15 is 0 Å². The first-order chi connectivity index (χ1) is 11.0. The number of methoxy groups -OCH3 is 1. The summed E-state index contributed by atoms with van der Waals surface area (Å²) in [6.45, 7) is 0.857. The number of ether oxygens (including phenoxy) is 2. The van der Waals surface area contributed by atoms with Gasteiger partial charge in [-0.3, -0.25) is 9.59 Å². The summed E-state index contributed by atoms with van der Waals surface area (Å²) >= 11 is 0. The molecule has 1 heterocycles. The van der Waals surface area contributed by atoms with E-state index in [0.717, 1.165) is 0 Å². The molecule has 2 amide bonds. The molecule has 0 saturated carbocycles. The van der Waals surface area contributed by atoms with Crippen LogP contribution in [0.5, 0.6) is 0 Å². The van der Waals surface area contributed by atoms with E-state index in [9.17, 15) is 14.0 Å². The van der Waals surface area contributed by atoms with Gasteiger partial charge in [-0.1, -0.05) is 12.1 Å². The summed E-state index contributed by atoms with van der Waals surface area (Å²) in [6, 6.07) is 5.14. The molecule has 0 bridgehead atoms. The standard InChI is InChI=1S/C16H21FN2O4/c1-19-13(20)10-23-15(16(21)18-8-3-9-22-2)14(19)11-4-6-12(17)7-5-11/h4-7,14-15H,3,8-10H2,1-2H3,(H,18,21)/t14-,15-/m0/s1. The van der Waals surface area contributed by atoms with Crippen molar-refractivity contribution < 1.29 is 23.5 Å². The molecule has 0 aliphatic carbocycles. The van der Waals surface area contributed by atoms with Crippen LogP contribution in [0, 0.1) is 5.82 Å². The Labute approximate surface area is 134 Å². The van der Waals surface area contributed by atoms with Gasteiger partial charge < -0.3 is 19.7 Å². The second kappa shape index (κ2) is 8.03. The molecule has 6 nitrogen and oxygen atoms in total. The first-order valence-electron chi connectivity index (χ1n) is 7.44. The largest absolute Gasteiger partial charge is 0.385 e. The van der Waals surface area contributed by atoms with Gasteiger partial charge in [-0.2, -0.15) is 0 Å². The van der Waals surface area contributed by atoms with Crippen molar-refractivity contribution in [1.82, 2.24) is 10.2 Å². The smallest absolute Gasteiger partial charge is 0.251 e. The Morgan fingerprint density at radius 3 is 2.78 bits per heavy atom. The number of hydrogen-bond acceptors (Lipinski definition) is 4. The number of carbonyl (C=O) groups excluding carboxylic acids is 2. The Balaban J connectivity index is 2.13. The highest BCUT2D eigenvalue weighted by molar-refractivity contribution is 5.86. The van der Waals surface area contributed by atoms with E-state index in [1.165, 1.54) is 17.0 Å². The second-order valence-electron chi connectivity index (χ2n) is 5.37. The minimum absolute atomic E-state index is 0.148. The molecule has 0 unspecified atom stereocenters. The van der Waals surface area contributed by atoms with Gasteiger partial charge in [0.15, 0.2) is 6.10 Å². The van der Waals surface area contributed by atoms with Crippen LogP contribution in [0.4, 0.5) is 4.39 Å². The maximum atomic E-state index is 13.1. The molecular formula is C16H21FN2O4. The van der Waals surface area contributed by atoms with E-state index < -0.39 is 12.1 Å². The van der Waals surface area contributed by atoms with Crippen LogP contribution in [-0.2, 0) is 19.1 Å². The van der Waals surface area contributed by atoms with Crippen LogP contribution in [-0.4, -0.2) is 56.7 Å². The van der Waals surface area contributed by atoms with Crippen molar-refractivity contribution in [2.45, 2.75) is 18.6 Å². The highest BCUT2D eigenvalue weighted by Gasteiger charge is 2.39. The highest BCUT2D eigenvalue weighted by Crippen LogP contribution is 2.29. The summed E-state index contributed by atoms with van der Waals surface area (Å²) in [5, 5.41) is 2.78. The third-order valence-electron chi connectivity index (χ3n) is 3.78. The Morgan fingerprint density at radius 1 is 1.43 bits per heavy atom. The topological polar surface area (TPSA) is 67.9 Å². The number of rotatable bonds is 6. The van der Waals surface area contributed by atoms with E-state index in [0.29, 0.717) is 25.1 Å². The molecule has 1 aromatic carbocycles. The SMILES string of the molecule is COCCCNC(=O)[C@H]1OCC(=O)N(C)[C@H]1c1ccc(F)cc1. The molecule has 1 aliphatic heterocycles. The summed E-state index contributed by atoms with van der Waals surface area (Å²) in [5.41, 5.74) is 0.652. The molecule has 0 aromatic heterocycles. The second-order valence-corrected chi connectivity index (χ2v) is 5.37. The number of nitrogens with one attached hydrogen (secondary N) is 1. The molecule has 1 aliphatic rings. The maximum absolute atomic E-state index is 13.1. The van der Waals surface area contributed by atoms with Gasteiger partial charge in [-0.05, 0) is 24.1 Å². The minimum Gasteiger partial charge on any atom is -0.385 e. The lowest BCUT2D eigenvalue weighted by atomic mass is 9.97. The molecule has 0 radical (unpaired) electrons. The molecule has 0 spiro atoms. The normalized spacial score (nSPS) is 21.3. The summed E-state index contributed by atoms with van der Waals surface area (Å²) in [6.07, 6.45) is -0.143. The third kappa shape index (κ3) is 4.27. The number of hydrogen-bond donors (Lipinski definition) is 1. The van der Waals surface area contributed by atoms with E-state index in [1.807, 2.05) is 0 Å². The van der Waals surface area contributed by atoms with Gasteiger partial charge >= 0.3 is 0 Å². The van der Waals surface area contributed by atoms with Crippen LogP contribution in [0.15, 0.2) is 24.3 Å². The maximum Gasteiger partial charge on any atom is 0.251 e. The van der Waals surface area contributed by atoms with Crippen molar-refractivity contribution in [1.29, 1.82) is 0 Å². The molecule has 1 saturated heterocycles.